The molecular formula is C25H30N4O3. The number of hydrogen-bond acceptors (Lipinski definition) is 5. The number of pyridine rings is 1. The number of rotatable bonds is 7. The lowest BCUT2D eigenvalue weighted by atomic mass is 10.1. The van der Waals surface area contributed by atoms with Crippen LogP contribution in [0.3, 0.4) is 0 Å². The molecule has 2 aromatic rings. The average Bonchev–Trinajstić information content (AvgIpc) is 3.00. The Morgan fingerprint density at radius 1 is 1.00 bits per heavy atom. The van der Waals surface area contributed by atoms with Gasteiger partial charge < -0.3 is 10.2 Å². The first-order valence-electron chi connectivity index (χ1n) is 11.6. The summed E-state index contributed by atoms with van der Waals surface area (Å²) >= 11 is 0. The van der Waals surface area contributed by atoms with Crippen LogP contribution in [-0.2, 0) is 6.54 Å². The third-order valence-electron chi connectivity index (χ3n) is 6.16. The van der Waals surface area contributed by atoms with Crippen LogP contribution in [0.15, 0.2) is 36.5 Å². The quantitative estimate of drug-likeness (QED) is 0.671. The van der Waals surface area contributed by atoms with Crippen molar-refractivity contribution >= 4 is 23.5 Å². The van der Waals surface area contributed by atoms with Crippen LogP contribution in [0, 0.1) is 0 Å². The summed E-state index contributed by atoms with van der Waals surface area (Å²) < 4.78 is 0. The fraction of sp³-hybridized carbons (Fsp3) is 0.440. The van der Waals surface area contributed by atoms with Gasteiger partial charge >= 0.3 is 0 Å². The van der Waals surface area contributed by atoms with Gasteiger partial charge in [-0.3, -0.25) is 19.3 Å². The van der Waals surface area contributed by atoms with Gasteiger partial charge in [0.15, 0.2) is 0 Å². The van der Waals surface area contributed by atoms with Gasteiger partial charge in [-0.05, 0) is 49.1 Å². The van der Waals surface area contributed by atoms with E-state index in [1.54, 1.807) is 18.3 Å². The van der Waals surface area contributed by atoms with E-state index in [4.69, 9.17) is 0 Å². The lowest BCUT2D eigenvalue weighted by Crippen LogP contribution is -2.30. The van der Waals surface area contributed by atoms with Crippen LogP contribution >= 0.6 is 0 Å². The molecule has 3 amide bonds. The molecular weight excluding hydrogens is 404 g/mol. The van der Waals surface area contributed by atoms with Gasteiger partial charge in [0.2, 0.25) is 0 Å². The molecule has 7 heteroatoms. The van der Waals surface area contributed by atoms with E-state index in [0.717, 1.165) is 37.3 Å². The first kappa shape index (κ1) is 22.0. The van der Waals surface area contributed by atoms with Crippen LogP contribution < -0.4 is 10.2 Å². The van der Waals surface area contributed by atoms with Crippen molar-refractivity contribution < 1.29 is 14.4 Å². The number of carbonyl (C=O) groups excluding carboxylic acids is 3. The van der Waals surface area contributed by atoms with Gasteiger partial charge in [-0.2, -0.15) is 0 Å². The normalized spacial score (nSPS) is 16.2. The number of nitrogens with one attached hydrogen (secondary N) is 1. The highest BCUT2D eigenvalue weighted by atomic mass is 16.2. The Morgan fingerprint density at radius 2 is 1.75 bits per heavy atom. The number of hydrogen-bond donors (Lipinski definition) is 1. The van der Waals surface area contributed by atoms with Crippen LogP contribution in [0.1, 0.15) is 82.1 Å². The number of anilines is 1. The molecule has 1 aromatic heterocycles. The third-order valence-corrected chi connectivity index (χ3v) is 6.16. The average molecular weight is 435 g/mol. The summed E-state index contributed by atoms with van der Waals surface area (Å²) in [5.74, 6) is 0.107. The Morgan fingerprint density at radius 3 is 2.44 bits per heavy atom. The molecule has 0 radical (unpaired) electrons. The zero-order chi connectivity index (χ0) is 22.5. The van der Waals surface area contributed by atoms with Crippen molar-refractivity contribution in [3.63, 3.8) is 0 Å². The van der Waals surface area contributed by atoms with Crippen LogP contribution in [0.5, 0.6) is 0 Å². The number of carbonyl (C=O) groups is 3. The number of aromatic nitrogens is 1. The zero-order valence-corrected chi connectivity index (χ0v) is 18.6. The molecule has 4 rings (SSSR count). The smallest absolute Gasteiger partial charge is 0.261 e. The van der Waals surface area contributed by atoms with Gasteiger partial charge in [0, 0.05) is 37.9 Å². The summed E-state index contributed by atoms with van der Waals surface area (Å²) in [6, 6.07) is 8.70. The highest BCUT2D eigenvalue weighted by Crippen LogP contribution is 2.24. The molecule has 2 aliphatic heterocycles. The summed E-state index contributed by atoms with van der Waals surface area (Å²) in [6.07, 6.45) is 8.42. The largest absolute Gasteiger partial charge is 0.357 e. The molecule has 7 nitrogen and oxygen atoms in total. The minimum atomic E-state index is -0.318. The van der Waals surface area contributed by atoms with Crippen molar-refractivity contribution in [1.82, 2.24) is 15.2 Å². The third kappa shape index (κ3) is 4.66. The summed E-state index contributed by atoms with van der Waals surface area (Å²) in [5.41, 5.74) is 1.96. The molecule has 0 atom stereocenters. The highest BCUT2D eigenvalue weighted by Gasteiger charge is 2.35. The van der Waals surface area contributed by atoms with E-state index in [2.05, 4.69) is 15.2 Å². The van der Waals surface area contributed by atoms with E-state index in [9.17, 15) is 14.4 Å². The molecule has 32 heavy (non-hydrogen) atoms. The fourth-order valence-corrected chi connectivity index (χ4v) is 4.24. The number of nitrogens with zero attached hydrogens (tertiary/aromatic N) is 3. The maximum atomic E-state index is 12.7. The number of unbranched alkanes of at least 4 members (excludes halogenated alkanes) is 1. The molecule has 0 bridgehead atoms. The second-order valence-corrected chi connectivity index (χ2v) is 8.48. The van der Waals surface area contributed by atoms with Gasteiger partial charge in [0.05, 0.1) is 11.1 Å². The van der Waals surface area contributed by atoms with E-state index in [1.807, 2.05) is 19.1 Å². The molecule has 0 unspecified atom stereocenters. The van der Waals surface area contributed by atoms with Crippen molar-refractivity contribution in [2.24, 2.45) is 0 Å². The first-order chi connectivity index (χ1) is 15.6. The standard InChI is InChI=1S/C25H30N4O3/c1-2-3-14-29-24(31)20-10-9-19(15-21(20)25(29)32)23(30)27-17-18-8-11-22(26-16-18)28-12-6-4-5-7-13-28/h8-11,15-16H,2-7,12-14,17H2,1H3,(H,27,30). The van der Waals surface area contributed by atoms with Crippen molar-refractivity contribution in [2.75, 3.05) is 24.5 Å². The summed E-state index contributed by atoms with van der Waals surface area (Å²) in [6.45, 7) is 4.85. The van der Waals surface area contributed by atoms with Crippen LogP contribution in [0.4, 0.5) is 5.82 Å². The zero-order valence-electron chi connectivity index (χ0n) is 18.6. The molecule has 0 spiro atoms. The van der Waals surface area contributed by atoms with Gasteiger partial charge in [-0.25, -0.2) is 4.98 Å². The summed E-state index contributed by atoms with van der Waals surface area (Å²) in [4.78, 5) is 45.9. The topological polar surface area (TPSA) is 82.6 Å². The Balaban J connectivity index is 1.37. The van der Waals surface area contributed by atoms with Crippen molar-refractivity contribution in [3.8, 4) is 0 Å². The molecule has 0 saturated carbocycles. The molecule has 1 N–H and O–H groups in total. The Bertz CT molecular complexity index is 995. The Kier molecular flexibility index (Phi) is 6.83. The van der Waals surface area contributed by atoms with E-state index in [1.165, 1.54) is 36.6 Å². The maximum Gasteiger partial charge on any atom is 0.261 e. The summed E-state index contributed by atoms with van der Waals surface area (Å²) in [7, 11) is 0. The number of amides is 3. The molecule has 0 aliphatic carbocycles. The number of benzene rings is 1. The SMILES string of the molecule is CCCCN1C(=O)c2ccc(C(=O)NCc3ccc(N4CCCCCC4)nc3)cc2C1=O. The minimum Gasteiger partial charge on any atom is -0.357 e. The van der Waals surface area contributed by atoms with Crippen molar-refractivity contribution in [3.05, 3.63) is 58.8 Å². The lowest BCUT2D eigenvalue weighted by molar-refractivity contribution is 0.0652. The highest BCUT2D eigenvalue weighted by molar-refractivity contribution is 6.22. The Hall–Kier alpha value is -3.22. The molecule has 1 saturated heterocycles. The van der Waals surface area contributed by atoms with Gasteiger partial charge in [-0.1, -0.05) is 32.3 Å². The fourth-order valence-electron chi connectivity index (χ4n) is 4.24. The van der Waals surface area contributed by atoms with E-state index >= 15 is 0 Å². The number of fused-ring (bicyclic) bond motifs is 1. The van der Waals surface area contributed by atoms with Crippen molar-refractivity contribution in [2.45, 2.75) is 52.0 Å². The minimum absolute atomic E-state index is 0.277. The Labute approximate surface area is 188 Å². The van der Waals surface area contributed by atoms with Gasteiger partial charge in [-0.15, -0.1) is 0 Å². The molecule has 3 heterocycles. The van der Waals surface area contributed by atoms with Crippen LogP contribution in [-0.4, -0.2) is 47.2 Å². The lowest BCUT2D eigenvalue weighted by Gasteiger charge is -2.21. The van der Waals surface area contributed by atoms with Gasteiger partial charge in [0.1, 0.15) is 5.82 Å². The van der Waals surface area contributed by atoms with E-state index in [0.29, 0.717) is 29.8 Å². The van der Waals surface area contributed by atoms with E-state index in [-0.39, 0.29) is 17.7 Å². The number of imide groups is 1. The van der Waals surface area contributed by atoms with Crippen molar-refractivity contribution in [1.29, 1.82) is 0 Å². The summed E-state index contributed by atoms with van der Waals surface area (Å²) in [5, 5.41) is 2.88. The first-order valence-corrected chi connectivity index (χ1v) is 11.6. The van der Waals surface area contributed by atoms with Crippen LogP contribution in [0.25, 0.3) is 0 Å². The molecule has 168 valence electrons. The van der Waals surface area contributed by atoms with Gasteiger partial charge in [0.25, 0.3) is 17.7 Å². The molecule has 2 aliphatic rings. The second-order valence-electron chi connectivity index (χ2n) is 8.48. The molecule has 1 aromatic carbocycles. The maximum absolute atomic E-state index is 12.7. The second kappa shape index (κ2) is 9.94. The molecule has 1 fully saturated rings. The predicted octanol–water partition coefficient (Wildman–Crippen LogP) is 3.79. The van der Waals surface area contributed by atoms with Crippen LogP contribution in [0.2, 0.25) is 0 Å². The monoisotopic (exact) mass is 434 g/mol. The van der Waals surface area contributed by atoms with E-state index < -0.39 is 0 Å². The predicted molar refractivity (Wildman–Crippen MR) is 123 cm³/mol.